The average Bonchev–Trinajstić information content (AvgIpc) is 2.61. The summed E-state index contributed by atoms with van der Waals surface area (Å²) < 4.78 is 0. The zero-order chi connectivity index (χ0) is 20.0. The molecule has 1 aromatic carbocycles. The summed E-state index contributed by atoms with van der Waals surface area (Å²) in [7, 11) is 0. The maximum atomic E-state index is 12.1. The van der Waals surface area contributed by atoms with Gasteiger partial charge in [0.1, 0.15) is 0 Å². The van der Waals surface area contributed by atoms with E-state index in [0.29, 0.717) is 30.8 Å². The second kappa shape index (κ2) is 8.99. The molecule has 1 saturated heterocycles. The van der Waals surface area contributed by atoms with E-state index < -0.39 is 17.9 Å². The Hall–Kier alpha value is -2.41. The largest absolute Gasteiger partial charge is 0.393 e. The summed E-state index contributed by atoms with van der Waals surface area (Å²) in [6.07, 6.45) is 2.18. The first-order chi connectivity index (χ1) is 12.7. The van der Waals surface area contributed by atoms with Gasteiger partial charge in [-0.1, -0.05) is 26.8 Å². The fourth-order valence-electron chi connectivity index (χ4n) is 2.85. The molecule has 1 heterocycles. The maximum Gasteiger partial charge on any atom is 0.313 e. The maximum absolute atomic E-state index is 12.1. The Morgan fingerprint density at radius 3 is 2.63 bits per heavy atom. The number of aliphatic hydroxyl groups is 1. The lowest BCUT2D eigenvalue weighted by Gasteiger charge is -2.27. The van der Waals surface area contributed by atoms with Crippen molar-refractivity contribution >= 4 is 29.1 Å². The van der Waals surface area contributed by atoms with Gasteiger partial charge in [-0.3, -0.25) is 14.4 Å². The Bertz CT molecular complexity index is 697. The summed E-state index contributed by atoms with van der Waals surface area (Å²) in [5, 5.41) is 15.0. The van der Waals surface area contributed by atoms with E-state index in [0.717, 1.165) is 12.8 Å². The van der Waals surface area contributed by atoms with Crippen molar-refractivity contribution < 1.29 is 19.5 Å². The van der Waals surface area contributed by atoms with Crippen molar-refractivity contribution in [2.45, 2.75) is 52.6 Å². The van der Waals surface area contributed by atoms with Crippen molar-refractivity contribution in [3.05, 3.63) is 24.3 Å². The standard InChI is InChI=1S/C20H29N3O4/c1-20(2,3)16(24)10-11-21-18(26)19(27)22-14-7-6-8-15(13-14)23-12-5-4-9-17(23)25/h6-8,13,16,24H,4-5,9-12H2,1-3H3,(H,21,26)(H,22,27)/t16-/m0/s1. The Labute approximate surface area is 160 Å². The van der Waals surface area contributed by atoms with Crippen LogP contribution in [0.1, 0.15) is 46.5 Å². The highest BCUT2D eigenvalue weighted by atomic mass is 16.3. The van der Waals surface area contributed by atoms with Gasteiger partial charge in [-0.15, -0.1) is 0 Å². The first kappa shape index (κ1) is 20.9. The van der Waals surface area contributed by atoms with Crippen LogP contribution in [0.25, 0.3) is 0 Å². The highest BCUT2D eigenvalue weighted by molar-refractivity contribution is 6.39. The highest BCUT2D eigenvalue weighted by Crippen LogP contribution is 2.24. The number of carbonyl (C=O) groups is 3. The lowest BCUT2D eigenvalue weighted by Crippen LogP contribution is -2.38. The molecule has 1 fully saturated rings. The molecule has 0 spiro atoms. The molecular formula is C20H29N3O4. The zero-order valence-corrected chi connectivity index (χ0v) is 16.2. The molecule has 7 nitrogen and oxygen atoms in total. The third-order valence-corrected chi connectivity index (χ3v) is 4.65. The molecule has 1 aromatic rings. The third-order valence-electron chi connectivity index (χ3n) is 4.65. The topological polar surface area (TPSA) is 98.7 Å². The van der Waals surface area contributed by atoms with Crippen molar-refractivity contribution in [3.8, 4) is 0 Å². The third kappa shape index (κ3) is 6.06. The van der Waals surface area contributed by atoms with Crippen LogP contribution in [0.4, 0.5) is 11.4 Å². The number of piperidine rings is 1. The van der Waals surface area contributed by atoms with E-state index in [1.165, 1.54) is 0 Å². The van der Waals surface area contributed by atoms with Gasteiger partial charge in [-0.05, 0) is 42.9 Å². The number of benzene rings is 1. The zero-order valence-electron chi connectivity index (χ0n) is 16.2. The molecule has 148 valence electrons. The van der Waals surface area contributed by atoms with E-state index >= 15 is 0 Å². The number of rotatable bonds is 5. The number of aliphatic hydroxyl groups excluding tert-OH is 1. The van der Waals surface area contributed by atoms with Crippen molar-refractivity contribution in [2.24, 2.45) is 5.41 Å². The van der Waals surface area contributed by atoms with Gasteiger partial charge in [0.2, 0.25) is 5.91 Å². The SMILES string of the molecule is CC(C)(C)[C@@H](O)CCNC(=O)C(=O)Nc1cccc(N2CCCCC2=O)c1. The van der Waals surface area contributed by atoms with Gasteiger partial charge in [0, 0.05) is 30.9 Å². The summed E-state index contributed by atoms with van der Waals surface area (Å²) in [5.74, 6) is -1.46. The van der Waals surface area contributed by atoms with E-state index in [1.807, 2.05) is 26.8 Å². The number of hydrogen-bond donors (Lipinski definition) is 3. The van der Waals surface area contributed by atoms with Crippen LogP contribution in [0.15, 0.2) is 24.3 Å². The first-order valence-corrected chi connectivity index (χ1v) is 9.36. The summed E-state index contributed by atoms with van der Waals surface area (Å²) in [6.45, 7) is 6.60. The number of amides is 3. The van der Waals surface area contributed by atoms with Gasteiger partial charge in [-0.2, -0.15) is 0 Å². The Balaban J connectivity index is 1.89. The summed E-state index contributed by atoms with van der Waals surface area (Å²) in [4.78, 5) is 37.8. The number of carbonyl (C=O) groups excluding carboxylic acids is 3. The average molecular weight is 375 g/mol. The molecule has 0 unspecified atom stereocenters. The molecule has 7 heteroatoms. The fourth-order valence-corrected chi connectivity index (χ4v) is 2.85. The van der Waals surface area contributed by atoms with Gasteiger partial charge in [0.15, 0.2) is 0 Å². The minimum Gasteiger partial charge on any atom is -0.393 e. The quantitative estimate of drug-likeness (QED) is 0.686. The second-order valence-electron chi connectivity index (χ2n) is 7.93. The smallest absolute Gasteiger partial charge is 0.313 e. The molecule has 0 aliphatic carbocycles. The van der Waals surface area contributed by atoms with E-state index in [2.05, 4.69) is 10.6 Å². The van der Waals surface area contributed by atoms with Crippen molar-refractivity contribution in [2.75, 3.05) is 23.3 Å². The second-order valence-corrected chi connectivity index (χ2v) is 7.93. The number of nitrogens with one attached hydrogen (secondary N) is 2. The van der Waals surface area contributed by atoms with Gasteiger partial charge < -0.3 is 20.6 Å². The van der Waals surface area contributed by atoms with Gasteiger partial charge in [0.25, 0.3) is 0 Å². The van der Waals surface area contributed by atoms with Crippen LogP contribution < -0.4 is 15.5 Å². The molecule has 0 radical (unpaired) electrons. The van der Waals surface area contributed by atoms with Crippen LogP contribution in [0.2, 0.25) is 0 Å². The highest BCUT2D eigenvalue weighted by Gasteiger charge is 2.23. The van der Waals surface area contributed by atoms with E-state index in [4.69, 9.17) is 0 Å². The Morgan fingerprint density at radius 1 is 1.22 bits per heavy atom. The molecule has 1 atom stereocenters. The predicted molar refractivity (Wildman–Crippen MR) is 104 cm³/mol. The molecule has 1 aliphatic heterocycles. The fraction of sp³-hybridized carbons (Fsp3) is 0.550. The minimum atomic E-state index is -0.776. The molecule has 3 amide bonds. The molecule has 0 aromatic heterocycles. The molecule has 27 heavy (non-hydrogen) atoms. The van der Waals surface area contributed by atoms with E-state index in [1.54, 1.807) is 23.1 Å². The van der Waals surface area contributed by atoms with Gasteiger partial charge >= 0.3 is 11.8 Å². The molecular weight excluding hydrogens is 346 g/mol. The monoisotopic (exact) mass is 375 g/mol. The Morgan fingerprint density at radius 2 is 1.96 bits per heavy atom. The molecule has 1 aliphatic rings. The van der Waals surface area contributed by atoms with Crippen LogP contribution in [0, 0.1) is 5.41 Å². The lowest BCUT2D eigenvalue weighted by molar-refractivity contribution is -0.136. The molecule has 3 N–H and O–H groups in total. The van der Waals surface area contributed by atoms with Crippen LogP contribution in [0.3, 0.4) is 0 Å². The van der Waals surface area contributed by atoms with Gasteiger partial charge in [0.05, 0.1) is 6.10 Å². The summed E-state index contributed by atoms with van der Waals surface area (Å²) in [6, 6.07) is 6.92. The minimum absolute atomic E-state index is 0.0693. The summed E-state index contributed by atoms with van der Waals surface area (Å²) >= 11 is 0. The van der Waals surface area contributed by atoms with Crippen molar-refractivity contribution in [1.82, 2.24) is 5.32 Å². The Kier molecular flexibility index (Phi) is 6.96. The van der Waals surface area contributed by atoms with Crippen molar-refractivity contribution in [3.63, 3.8) is 0 Å². The number of anilines is 2. The first-order valence-electron chi connectivity index (χ1n) is 9.36. The number of nitrogens with zero attached hydrogens (tertiary/aromatic N) is 1. The predicted octanol–water partition coefficient (Wildman–Crippen LogP) is 2.06. The molecule has 0 saturated carbocycles. The van der Waals surface area contributed by atoms with Crippen LogP contribution in [0.5, 0.6) is 0 Å². The lowest BCUT2D eigenvalue weighted by atomic mass is 9.87. The molecule has 2 rings (SSSR count). The molecule has 0 bridgehead atoms. The number of hydrogen-bond acceptors (Lipinski definition) is 4. The van der Waals surface area contributed by atoms with E-state index in [-0.39, 0.29) is 17.9 Å². The van der Waals surface area contributed by atoms with Crippen LogP contribution in [-0.2, 0) is 14.4 Å². The van der Waals surface area contributed by atoms with E-state index in [9.17, 15) is 19.5 Å². The van der Waals surface area contributed by atoms with Gasteiger partial charge in [-0.25, -0.2) is 0 Å². The van der Waals surface area contributed by atoms with Crippen LogP contribution in [-0.4, -0.2) is 42.0 Å². The van der Waals surface area contributed by atoms with Crippen molar-refractivity contribution in [1.29, 1.82) is 0 Å². The van der Waals surface area contributed by atoms with Crippen LogP contribution >= 0.6 is 0 Å². The summed E-state index contributed by atoms with van der Waals surface area (Å²) in [5.41, 5.74) is 0.895. The normalized spacial score (nSPS) is 16.0.